The van der Waals surface area contributed by atoms with Gasteiger partial charge in [0, 0.05) is 13.0 Å². The van der Waals surface area contributed by atoms with Gasteiger partial charge in [0.15, 0.2) is 0 Å². The van der Waals surface area contributed by atoms with Crippen molar-refractivity contribution in [1.29, 1.82) is 0 Å². The van der Waals surface area contributed by atoms with E-state index in [1.165, 1.54) is 77.0 Å². The molecule has 0 saturated carbocycles. The predicted octanol–water partition coefficient (Wildman–Crippen LogP) is 12.8. The first-order valence-electron chi connectivity index (χ1n) is 19.7. The molecule has 4 nitrogen and oxygen atoms in total. The average molecular weight is 667 g/mol. The third-order valence-corrected chi connectivity index (χ3v) is 7.98. The molecular formula is C44H74O4. The molecule has 0 aliphatic rings. The lowest BCUT2D eigenvalue weighted by Crippen LogP contribution is -2.27. The van der Waals surface area contributed by atoms with E-state index in [1.54, 1.807) is 0 Å². The van der Waals surface area contributed by atoms with E-state index in [-0.39, 0.29) is 19.2 Å². The molecule has 0 aromatic heterocycles. The average Bonchev–Trinajstić information content (AvgIpc) is 3.09. The standard InChI is InChI=1S/C44H74O4/c1-3-5-7-9-11-13-15-17-18-19-20-21-22-23-24-25-26-27-29-31-33-35-37-39-44(46)48-43(41-45)42-47-40-38-36-34-32-30-28-16-14-12-10-8-6-4-2/h5,7,11,13,17-18,20-21,23-24,26-27,31,33,43,45H,3-4,6,8-10,12,14-16,19,22,25,28-30,32,34-42H2,1-2H3/b7-5-,13-11-,18-17-,21-20-,24-23-,27-26-,33-31-. The van der Waals surface area contributed by atoms with E-state index in [4.69, 9.17) is 9.47 Å². The van der Waals surface area contributed by atoms with Gasteiger partial charge >= 0.3 is 5.97 Å². The molecule has 48 heavy (non-hydrogen) atoms. The summed E-state index contributed by atoms with van der Waals surface area (Å²) >= 11 is 0. The highest BCUT2D eigenvalue weighted by molar-refractivity contribution is 5.69. The molecule has 0 saturated heterocycles. The predicted molar refractivity (Wildman–Crippen MR) is 209 cm³/mol. The van der Waals surface area contributed by atoms with Gasteiger partial charge in [-0.1, -0.05) is 176 Å². The molecule has 274 valence electrons. The fourth-order valence-electron chi connectivity index (χ4n) is 5.08. The summed E-state index contributed by atoms with van der Waals surface area (Å²) in [7, 11) is 0. The van der Waals surface area contributed by atoms with Crippen molar-refractivity contribution in [2.75, 3.05) is 19.8 Å². The number of esters is 1. The molecule has 0 radical (unpaired) electrons. The molecule has 0 spiro atoms. The van der Waals surface area contributed by atoms with Gasteiger partial charge in [0.1, 0.15) is 6.10 Å². The molecule has 0 fully saturated rings. The Balaban J connectivity index is 3.63. The van der Waals surface area contributed by atoms with Crippen LogP contribution in [0.1, 0.15) is 162 Å². The zero-order valence-corrected chi connectivity index (χ0v) is 31.2. The number of aliphatic hydroxyl groups excluding tert-OH is 1. The summed E-state index contributed by atoms with van der Waals surface area (Å²) < 4.78 is 11.1. The highest BCUT2D eigenvalue weighted by atomic mass is 16.6. The lowest BCUT2D eigenvalue weighted by molar-refractivity contribution is -0.154. The van der Waals surface area contributed by atoms with Gasteiger partial charge in [-0.3, -0.25) is 4.79 Å². The van der Waals surface area contributed by atoms with E-state index in [1.807, 2.05) is 0 Å². The number of allylic oxidation sites excluding steroid dienone is 14. The Morgan fingerprint density at radius 3 is 1.33 bits per heavy atom. The van der Waals surface area contributed by atoms with Crippen LogP contribution in [0.4, 0.5) is 0 Å². The van der Waals surface area contributed by atoms with Gasteiger partial charge in [0.25, 0.3) is 0 Å². The summed E-state index contributed by atoms with van der Waals surface area (Å²) in [5.41, 5.74) is 0. The fourth-order valence-corrected chi connectivity index (χ4v) is 5.08. The largest absolute Gasteiger partial charge is 0.457 e. The van der Waals surface area contributed by atoms with E-state index < -0.39 is 6.10 Å². The van der Waals surface area contributed by atoms with Crippen molar-refractivity contribution in [2.24, 2.45) is 0 Å². The monoisotopic (exact) mass is 667 g/mol. The molecule has 1 N–H and O–H groups in total. The molecular weight excluding hydrogens is 592 g/mol. The third-order valence-electron chi connectivity index (χ3n) is 7.98. The molecule has 0 rings (SSSR count). The van der Waals surface area contributed by atoms with Gasteiger partial charge in [0.2, 0.25) is 0 Å². The van der Waals surface area contributed by atoms with Crippen LogP contribution >= 0.6 is 0 Å². The summed E-state index contributed by atoms with van der Waals surface area (Å²) in [6, 6.07) is 0. The Morgan fingerprint density at radius 1 is 0.521 bits per heavy atom. The van der Waals surface area contributed by atoms with Crippen LogP contribution in [0.3, 0.4) is 0 Å². The van der Waals surface area contributed by atoms with Gasteiger partial charge < -0.3 is 14.6 Å². The minimum atomic E-state index is -0.567. The van der Waals surface area contributed by atoms with E-state index in [0.29, 0.717) is 13.0 Å². The van der Waals surface area contributed by atoms with Crippen LogP contribution in [-0.4, -0.2) is 37.0 Å². The maximum Gasteiger partial charge on any atom is 0.306 e. The highest BCUT2D eigenvalue weighted by Gasteiger charge is 2.13. The van der Waals surface area contributed by atoms with E-state index in [9.17, 15) is 9.90 Å². The zero-order valence-electron chi connectivity index (χ0n) is 31.2. The maximum absolute atomic E-state index is 12.1. The topological polar surface area (TPSA) is 55.8 Å². The number of ether oxygens (including phenoxy) is 2. The summed E-state index contributed by atoms with van der Waals surface area (Å²) in [5.74, 6) is -0.260. The van der Waals surface area contributed by atoms with Crippen molar-refractivity contribution >= 4 is 5.97 Å². The molecule has 1 unspecified atom stereocenters. The van der Waals surface area contributed by atoms with Gasteiger partial charge in [-0.25, -0.2) is 0 Å². The zero-order chi connectivity index (χ0) is 34.9. The Hall–Kier alpha value is -2.43. The van der Waals surface area contributed by atoms with Crippen LogP contribution in [0.15, 0.2) is 85.1 Å². The minimum absolute atomic E-state index is 0.198. The Morgan fingerprint density at radius 2 is 0.917 bits per heavy atom. The third kappa shape index (κ3) is 38.0. The Kier molecular flexibility index (Phi) is 38.7. The van der Waals surface area contributed by atoms with Crippen molar-refractivity contribution in [3.63, 3.8) is 0 Å². The summed E-state index contributed by atoms with van der Waals surface area (Å²) in [6.07, 6.45) is 56.3. The SMILES string of the molecule is CC/C=C\C/C=C\C/C=C\C/C=C\C/C=C\C/C=C\C/C=C\CCCC(=O)OC(CO)COCCCCCCCCCCCCCCC. The van der Waals surface area contributed by atoms with E-state index >= 15 is 0 Å². The second-order valence-electron chi connectivity index (χ2n) is 12.6. The number of carbonyl (C=O) groups is 1. The maximum atomic E-state index is 12.1. The van der Waals surface area contributed by atoms with Crippen LogP contribution in [0, 0.1) is 0 Å². The molecule has 0 aliphatic carbocycles. The molecule has 0 heterocycles. The first-order valence-corrected chi connectivity index (χ1v) is 19.7. The van der Waals surface area contributed by atoms with Crippen molar-refractivity contribution in [2.45, 2.75) is 168 Å². The lowest BCUT2D eigenvalue weighted by atomic mass is 10.0. The quantitative estimate of drug-likeness (QED) is 0.0415. The highest BCUT2D eigenvalue weighted by Crippen LogP contribution is 2.12. The van der Waals surface area contributed by atoms with Gasteiger partial charge in [-0.2, -0.15) is 0 Å². The molecule has 0 amide bonds. The number of aliphatic hydroxyl groups is 1. The van der Waals surface area contributed by atoms with Crippen LogP contribution in [0.5, 0.6) is 0 Å². The van der Waals surface area contributed by atoms with E-state index in [0.717, 1.165) is 64.2 Å². The molecule has 0 aromatic rings. The first kappa shape index (κ1) is 45.6. The van der Waals surface area contributed by atoms with Crippen molar-refractivity contribution < 1.29 is 19.4 Å². The smallest absolute Gasteiger partial charge is 0.306 e. The van der Waals surface area contributed by atoms with Crippen LogP contribution in [-0.2, 0) is 14.3 Å². The van der Waals surface area contributed by atoms with Crippen molar-refractivity contribution in [3.8, 4) is 0 Å². The molecule has 1 atom stereocenters. The van der Waals surface area contributed by atoms with Crippen molar-refractivity contribution in [1.82, 2.24) is 0 Å². The van der Waals surface area contributed by atoms with Gasteiger partial charge in [-0.05, 0) is 64.2 Å². The van der Waals surface area contributed by atoms with Crippen LogP contribution < -0.4 is 0 Å². The number of hydrogen-bond acceptors (Lipinski definition) is 4. The minimum Gasteiger partial charge on any atom is -0.457 e. The molecule has 0 bridgehead atoms. The Bertz CT molecular complexity index is 876. The summed E-state index contributed by atoms with van der Waals surface area (Å²) in [6.45, 7) is 5.16. The number of hydrogen-bond donors (Lipinski definition) is 1. The second-order valence-corrected chi connectivity index (χ2v) is 12.6. The number of rotatable bonds is 35. The van der Waals surface area contributed by atoms with Gasteiger partial charge in [0.05, 0.1) is 13.2 Å². The number of unbranched alkanes of at least 4 members (excludes halogenated alkanes) is 13. The number of carbonyl (C=O) groups excluding carboxylic acids is 1. The van der Waals surface area contributed by atoms with Gasteiger partial charge in [-0.15, -0.1) is 0 Å². The van der Waals surface area contributed by atoms with Crippen LogP contribution in [0.25, 0.3) is 0 Å². The second kappa shape index (κ2) is 40.7. The van der Waals surface area contributed by atoms with Crippen LogP contribution in [0.2, 0.25) is 0 Å². The Labute approximate surface area is 297 Å². The van der Waals surface area contributed by atoms with Crippen molar-refractivity contribution in [3.05, 3.63) is 85.1 Å². The summed E-state index contributed by atoms with van der Waals surface area (Å²) in [4.78, 5) is 12.1. The first-order chi connectivity index (χ1) is 23.7. The molecule has 4 heteroatoms. The fraction of sp³-hybridized carbons (Fsp3) is 0.659. The molecule has 0 aromatic carbocycles. The lowest BCUT2D eigenvalue weighted by Gasteiger charge is -2.15. The van der Waals surface area contributed by atoms with E-state index in [2.05, 4.69) is 98.9 Å². The molecule has 0 aliphatic heterocycles. The summed E-state index contributed by atoms with van der Waals surface area (Å²) in [5, 5.41) is 9.56. The normalized spacial score (nSPS) is 13.3.